The first-order valence-corrected chi connectivity index (χ1v) is 5.34. The van der Waals surface area contributed by atoms with Crippen molar-refractivity contribution < 1.29 is 0 Å². The van der Waals surface area contributed by atoms with E-state index < -0.39 is 0 Å². The van der Waals surface area contributed by atoms with Crippen LogP contribution in [0.15, 0.2) is 40.8 Å². The van der Waals surface area contributed by atoms with Crippen LogP contribution in [0.3, 0.4) is 0 Å². The van der Waals surface area contributed by atoms with Gasteiger partial charge in [0, 0.05) is 24.2 Å². The second kappa shape index (κ2) is 3.80. The molecule has 0 aliphatic heterocycles. The van der Waals surface area contributed by atoms with Crippen molar-refractivity contribution in [1.29, 1.82) is 0 Å². The van der Waals surface area contributed by atoms with Crippen LogP contribution in [0.2, 0.25) is 0 Å². The highest BCUT2D eigenvalue weighted by Crippen LogP contribution is 2.13. The summed E-state index contributed by atoms with van der Waals surface area (Å²) < 4.78 is 1.27. The van der Waals surface area contributed by atoms with Crippen molar-refractivity contribution in [2.24, 2.45) is 5.10 Å². The largest absolute Gasteiger partial charge is 0.303 e. The average molecular weight is 204 g/mol. The summed E-state index contributed by atoms with van der Waals surface area (Å²) in [5.74, 6) is 0. The van der Waals surface area contributed by atoms with Gasteiger partial charge in [0.05, 0.1) is 5.36 Å². The van der Waals surface area contributed by atoms with Gasteiger partial charge in [0.1, 0.15) is 0 Å². The fraction of sp³-hybridized carbons (Fsp3) is 0.182. The second-order valence-electron chi connectivity index (χ2n) is 3.25. The van der Waals surface area contributed by atoms with E-state index in [1.807, 2.05) is 31.2 Å². The molecule has 0 aliphatic carbocycles. The molecule has 0 aliphatic rings. The molecular formula is C11H12N2S. The topological polar surface area (TPSA) is 15.6 Å². The number of nitrogens with zero attached hydrogens (tertiary/aromatic N) is 2. The molecule has 0 N–H and O–H groups in total. The summed E-state index contributed by atoms with van der Waals surface area (Å²) >= 11 is 1.74. The van der Waals surface area contributed by atoms with E-state index in [2.05, 4.69) is 28.7 Å². The van der Waals surface area contributed by atoms with Crippen molar-refractivity contribution in [1.82, 2.24) is 5.01 Å². The summed E-state index contributed by atoms with van der Waals surface area (Å²) in [7, 11) is 3.87. The molecule has 1 aromatic carbocycles. The van der Waals surface area contributed by atoms with Crippen molar-refractivity contribution in [3.8, 4) is 0 Å². The van der Waals surface area contributed by atoms with Gasteiger partial charge in [0.25, 0.3) is 0 Å². The van der Waals surface area contributed by atoms with E-state index in [1.54, 1.807) is 11.3 Å². The zero-order valence-corrected chi connectivity index (χ0v) is 9.08. The van der Waals surface area contributed by atoms with E-state index in [-0.39, 0.29) is 0 Å². The van der Waals surface area contributed by atoms with Crippen LogP contribution in [0.25, 0.3) is 10.1 Å². The minimum absolute atomic E-state index is 1.03. The number of hydrogen-bond acceptors (Lipinski definition) is 3. The van der Waals surface area contributed by atoms with Crippen LogP contribution >= 0.6 is 11.3 Å². The number of fused-ring (bicyclic) bond motifs is 1. The first-order chi connectivity index (χ1) is 6.77. The third kappa shape index (κ3) is 1.77. The Balaban J connectivity index is 2.78. The lowest BCUT2D eigenvalue weighted by molar-refractivity contribution is 0.422. The fourth-order valence-electron chi connectivity index (χ4n) is 1.35. The smallest absolute Gasteiger partial charge is 0.0925 e. The van der Waals surface area contributed by atoms with Crippen LogP contribution < -0.4 is 5.36 Å². The van der Waals surface area contributed by atoms with Crippen molar-refractivity contribution >= 4 is 21.4 Å². The quantitative estimate of drug-likeness (QED) is 0.651. The highest BCUT2D eigenvalue weighted by Gasteiger charge is 1.94. The molecule has 2 rings (SSSR count). The van der Waals surface area contributed by atoms with Gasteiger partial charge in [0.2, 0.25) is 0 Å². The van der Waals surface area contributed by atoms with Gasteiger partial charge in [-0.2, -0.15) is 5.10 Å². The highest BCUT2D eigenvalue weighted by atomic mass is 32.1. The summed E-state index contributed by atoms with van der Waals surface area (Å²) in [4.78, 5) is 0. The lowest BCUT2D eigenvalue weighted by atomic mass is 10.2. The molecule has 1 aromatic heterocycles. The molecule has 0 fully saturated rings. The fourth-order valence-corrected chi connectivity index (χ4v) is 2.15. The second-order valence-corrected chi connectivity index (χ2v) is 4.20. The number of hydrogen-bond donors (Lipinski definition) is 0. The normalized spacial score (nSPS) is 12.0. The van der Waals surface area contributed by atoms with Crippen LogP contribution in [-0.2, 0) is 0 Å². The molecule has 0 spiro atoms. The Bertz CT molecular complexity index is 494. The molecule has 0 amide bonds. The molecule has 14 heavy (non-hydrogen) atoms. The highest BCUT2D eigenvalue weighted by molar-refractivity contribution is 7.16. The van der Waals surface area contributed by atoms with Crippen LogP contribution in [0.1, 0.15) is 0 Å². The summed E-state index contributed by atoms with van der Waals surface area (Å²) in [6.07, 6.45) is 0. The Kier molecular flexibility index (Phi) is 2.50. The van der Waals surface area contributed by atoms with Gasteiger partial charge in [-0.3, -0.25) is 0 Å². The van der Waals surface area contributed by atoms with Gasteiger partial charge in [-0.05, 0) is 17.5 Å². The Morgan fingerprint density at radius 2 is 1.93 bits per heavy atom. The minimum Gasteiger partial charge on any atom is -0.303 e. The lowest BCUT2D eigenvalue weighted by Crippen LogP contribution is -2.11. The van der Waals surface area contributed by atoms with Crippen molar-refractivity contribution in [3.05, 3.63) is 41.1 Å². The summed E-state index contributed by atoms with van der Waals surface area (Å²) in [5, 5.41) is 10.6. The molecule has 1 heterocycles. The first-order valence-electron chi connectivity index (χ1n) is 4.46. The van der Waals surface area contributed by atoms with E-state index in [1.165, 1.54) is 10.1 Å². The summed E-state index contributed by atoms with van der Waals surface area (Å²) in [5.41, 5.74) is 0. The zero-order valence-electron chi connectivity index (χ0n) is 8.27. The molecule has 0 bridgehead atoms. The molecule has 0 atom stereocenters. The summed E-state index contributed by atoms with van der Waals surface area (Å²) in [6, 6.07) is 10.4. The third-order valence-corrected chi connectivity index (χ3v) is 2.77. The molecule has 2 aromatic rings. The van der Waals surface area contributed by atoms with Crippen LogP contribution in [-0.4, -0.2) is 19.1 Å². The monoisotopic (exact) mass is 204 g/mol. The van der Waals surface area contributed by atoms with Crippen LogP contribution in [0.4, 0.5) is 0 Å². The van der Waals surface area contributed by atoms with E-state index in [9.17, 15) is 0 Å². The zero-order chi connectivity index (χ0) is 9.97. The maximum atomic E-state index is 4.43. The van der Waals surface area contributed by atoms with E-state index in [0.29, 0.717) is 0 Å². The molecule has 72 valence electrons. The Hall–Kier alpha value is -1.35. The van der Waals surface area contributed by atoms with Crippen molar-refractivity contribution in [3.63, 3.8) is 0 Å². The maximum absolute atomic E-state index is 4.43. The van der Waals surface area contributed by atoms with E-state index in [0.717, 1.165) is 5.36 Å². The molecule has 0 radical (unpaired) electrons. The molecular weight excluding hydrogens is 192 g/mol. The number of rotatable bonds is 1. The van der Waals surface area contributed by atoms with Gasteiger partial charge in [-0.1, -0.05) is 18.2 Å². The predicted octanol–water partition coefficient (Wildman–Crippen LogP) is 2.28. The predicted molar refractivity (Wildman–Crippen MR) is 61.1 cm³/mol. The standard InChI is InChI=1S/C11H12N2S/c1-13(2)12-10-7-8-14-11-6-4-3-5-9(10)11/h3-8H,1-2H3. The van der Waals surface area contributed by atoms with Crippen molar-refractivity contribution in [2.75, 3.05) is 14.1 Å². The Morgan fingerprint density at radius 1 is 1.14 bits per heavy atom. The SMILES string of the molecule is CN(C)N=c1ccsc2ccccc12. The molecule has 3 heteroatoms. The van der Waals surface area contributed by atoms with Gasteiger partial charge in [-0.25, -0.2) is 0 Å². The Morgan fingerprint density at radius 3 is 2.71 bits per heavy atom. The number of benzene rings is 1. The molecule has 2 nitrogen and oxygen atoms in total. The maximum Gasteiger partial charge on any atom is 0.0925 e. The third-order valence-electron chi connectivity index (χ3n) is 1.89. The lowest BCUT2D eigenvalue weighted by Gasteiger charge is -2.03. The van der Waals surface area contributed by atoms with Gasteiger partial charge in [-0.15, -0.1) is 11.3 Å². The molecule has 0 saturated carbocycles. The average Bonchev–Trinajstić information content (AvgIpc) is 2.18. The summed E-state index contributed by atoms with van der Waals surface area (Å²) in [6.45, 7) is 0. The first kappa shape index (κ1) is 9.21. The van der Waals surface area contributed by atoms with Crippen LogP contribution in [0.5, 0.6) is 0 Å². The van der Waals surface area contributed by atoms with Gasteiger partial charge < -0.3 is 5.01 Å². The van der Waals surface area contributed by atoms with Crippen LogP contribution in [0, 0.1) is 0 Å². The van der Waals surface area contributed by atoms with E-state index in [4.69, 9.17) is 0 Å². The molecule has 0 saturated heterocycles. The van der Waals surface area contributed by atoms with E-state index >= 15 is 0 Å². The van der Waals surface area contributed by atoms with Gasteiger partial charge >= 0.3 is 0 Å². The molecule has 0 unspecified atom stereocenters. The Labute approximate surface area is 87.1 Å². The van der Waals surface area contributed by atoms with Crippen molar-refractivity contribution in [2.45, 2.75) is 0 Å². The minimum atomic E-state index is 1.03. The van der Waals surface area contributed by atoms with Gasteiger partial charge in [0.15, 0.2) is 0 Å².